The van der Waals surface area contributed by atoms with Crippen LogP contribution >= 0.6 is 11.6 Å². The molecular formula is C13H15ClN2O2. The van der Waals surface area contributed by atoms with Crippen molar-refractivity contribution in [2.24, 2.45) is 0 Å². The summed E-state index contributed by atoms with van der Waals surface area (Å²) >= 11 is 5.83. The number of amides is 1. The minimum Gasteiger partial charge on any atom is -0.481 e. The second-order valence-corrected chi connectivity index (χ2v) is 4.16. The van der Waals surface area contributed by atoms with Crippen LogP contribution in [0, 0.1) is 11.3 Å². The van der Waals surface area contributed by atoms with Crippen molar-refractivity contribution in [3.05, 3.63) is 29.3 Å². The van der Waals surface area contributed by atoms with Crippen molar-refractivity contribution in [2.75, 3.05) is 13.1 Å². The van der Waals surface area contributed by atoms with Crippen molar-refractivity contribution in [1.29, 1.82) is 5.26 Å². The molecular weight excluding hydrogens is 252 g/mol. The van der Waals surface area contributed by atoms with Crippen molar-refractivity contribution >= 4 is 17.5 Å². The van der Waals surface area contributed by atoms with Gasteiger partial charge >= 0.3 is 0 Å². The summed E-state index contributed by atoms with van der Waals surface area (Å²) in [5, 5.41) is 9.17. The van der Waals surface area contributed by atoms with Crippen LogP contribution in [0.2, 0.25) is 5.02 Å². The maximum Gasteiger partial charge on any atom is 0.264 e. The van der Waals surface area contributed by atoms with E-state index in [2.05, 4.69) is 0 Å². The number of hydrogen-bond acceptors (Lipinski definition) is 3. The summed E-state index contributed by atoms with van der Waals surface area (Å²) in [7, 11) is 0. The minimum absolute atomic E-state index is 0.0680. The van der Waals surface area contributed by atoms with Crippen LogP contribution in [0.1, 0.15) is 13.8 Å². The molecule has 0 spiro atoms. The molecule has 0 aliphatic heterocycles. The van der Waals surface area contributed by atoms with Gasteiger partial charge in [0.2, 0.25) is 0 Å². The van der Waals surface area contributed by atoms with Crippen molar-refractivity contribution in [1.82, 2.24) is 4.90 Å². The maximum atomic E-state index is 12.0. The SMILES string of the molecule is CCN(CC#N)C(=O)C(C)Oc1cccc(Cl)c1. The number of nitrogens with zero attached hydrogens (tertiary/aromatic N) is 2. The molecule has 0 aromatic heterocycles. The molecule has 18 heavy (non-hydrogen) atoms. The first-order valence-electron chi connectivity index (χ1n) is 5.66. The highest BCUT2D eigenvalue weighted by Gasteiger charge is 2.20. The van der Waals surface area contributed by atoms with Crippen LogP contribution in [0.3, 0.4) is 0 Å². The van der Waals surface area contributed by atoms with E-state index in [1.807, 2.05) is 13.0 Å². The summed E-state index contributed by atoms with van der Waals surface area (Å²) in [6, 6.07) is 8.82. The minimum atomic E-state index is -0.642. The molecule has 1 atom stereocenters. The Hall–Kier alpha value is -1.73. The van der Waals surface area contributed by atoms with Gasteiger partial charge in [-0.3, -0.25) is 4.79 Å². The topological polar surface area (TPSA) is 53.3 Å². The van der Waals surface area contributed by atoms with Crippen LogP contribution in [0.5, 0.6) is 5.75 Å². The Morgan fingerprint density at radius 3 is 2.89 bits per heavy atom. The van der Waals surface area contributed by atoms with E-state index in [1.165, 1.54) is 4.90 Å². The summed E-state index contributed by atoms with van der Waals surface area (Å²) in [4.78, 5) is 13.4. The lowest BCUT2D eigenvalue weighted by atomic mass is 10.3. The van der Waals surface area contributed by atoms with Crippen LogP contribution in [-0.4, -0.2) is 30.0 Å². The van der Waals surface area contributed by atoms with Gasteiger partial charge in [0, 0.05) is 11.6 Å². The van der Waals surface area contributed by atoms with Crippen LogP contribution in [0.4, 0.5) is 0 Å². The number of carbonyl (C=O) groups excluding carboxylic acids is 1. The predicted molar refractivity (Wildman–Crippen MR) is 69.4 cm³/mol. The monoisotopic (exact) mass is 266 g/mol. The van der Waals surface area contributed by atoms with Gasteiger partial charge in [-0.05, 0) is 32.0 Å². The largest absolute Gasteiger partial charge is 0.481 e. The van der Waals surface area contributed by atoms with E-state index < -0.39 is 6.10 Å². The second-order valence-electron chi connectivity index (χ2n) is 3.73. The average Bonchev–Trinajstić information content (AvgIpc) is 2.35. The Kier molecular flexibility index (Phi) is 5.47. The van der Waals surface area contributed by atoms with Gasteiger partial charge in [-0.1, -0.05) is 17.7 Å². The van der Waals surface area contributed by atoms with Crippen LogP contribution in [-0.2, 0) is 4.79 Å². The van der Waals surface area contributed by atoms with Crippen LogP contribution < -0.4 is 4.74 Å². The Bertz CT molecular complexity index is 457. The fourth-order valence-electron chi connectivity index (χ4n) is 1.48. The predicted octanol–water partition coefficient (Wildman–Crippen LogP) is 2.48. The summed E-state index contributed by atoms with van der Waals surface area (Å²) in [5.41, 5.74) is 0. The molecule has 0 bridgehead atoms. The zero-order chi connectivity index (χ0) is 13.5. The van der Waals surface area contributed by atoms with E-state index in [-0.39, 0.29) is 12.5 Å². The van der Waals surface area contributed by atoms with Gasteiger partial charge in [-0.15, -0.1) is 0 Å². The van der Waals surface area contributed by atoms with Gasteiger partial charge in [-0.25, -0.2) is 0 Å². The van der Waals surface area contributed by atoms with E-state index in [0.717, 1.165) is 0 Å². The Morgan fingerprint density at radius 1 is 1.61 bits per heavy atom. The lowest BCUT2D eigenvalue weighted by Crippen LogP contribution is -2.40. The highest BCUT2D eigenvalue weighted by molar-refractivity contribution is 6.30. The molecule has 0 heterocycles. The van der Waals surface area contributed by atoms with Gasteiger partial charge in [-0.2, -0.15) is 5.26 Å². The molecule has 1 amide bonds. The zero-order valence-electron chi connectivity index (χ0n) is 10.4. The maximum absolute atomic E-state index is 12.0. The number of rotatable bonds is 5. The number of carbonyl (C=O) groups is 1. The standard InChI is InChI=1S/C13H15ClN2O2/c1-3-16(8-7-15)13(17)10(2)18-12-6-4-5-11(14)9-12/h4-6,9-10H,3,8H2,1-2H3. The number of ether oxygens (including phenoxy) is 1. The smallest absolute Gasteiger partial charge is 0.264 e. The fraction of sp³-hybridized carbons (Fsp3) is 0.385. The Balaban J connectivity index is 2.67. The number of benzene rings is 1. The molecule has 0 saturated heterocycles. The van der Waals surface area contributed by atoms with Crippen molar-refractivity contribution in [3.8, 4) is 11.8 Å². The Morgan fingerprint density at radius 2 is 2.33 bits per heavy atom. The number of hydrogen-bond donors (Lipinski definition) is 0. The molecule has 0 saturated carbocycles. The lowest BCUT2D eigenvalue weighted by Gasteiger charge is -2.22. The van der Waals surface area contributed by atoms with Crippen molar-refractivity contribution in [2.45, 2.75) is 20.0 Å². The Labute approximate surface area is 112 Å². The van der Waals surface area contributed by atoms with Crippen LogP contribution in [0.15, 0.2) is 24.3 Å². The molecule has 5 heteroatoms. The van der Waals surface area contributed by atoms with Gasteiger partial charge in [0.1, 0.15) is 12.3 Å². The van der Waals surface area contributed by atoms with E-state index in [9.17, 15) is 4.79 Å². The summed E-state index contributed by atoms with van der Waals surface area (Å²) < 4.78 is 5.50. The molecule has 0 fully saturated rings. The summed E-state index contributed by atoms with van der Waals surface area (Å²) in [6.45, 7) is 4.03. The van der Waals surface area contributed by atoms with Gasteiger partial charge in [0.25, 0.3) is 5.91 Å². The fourth-order valence-corrected chi connectivity index (χ4v) is 1.66. The molecule has 4 nitrogen and oxygen atoms in total. The summed E-state index contributed by atoms with van der Waals surface area (Å²) in [5.74, 6) is 0.329. The first-order valence-corrected chi connectivity index (χ1v) is 6.04. The average molecular weight is 267 g/mol. The second kappa shape index (κ2) is 6.87. The molecule has 96 valence electrons. The first kappa shape index (κ1) is 14.3. The number of likely N-dealkylation sites (N-methyl/N-ethyl adjacent to an activating group) is 1. The molecule has 1 aromatic carbocycles. The molecule has 0 aliphatic carbocycles. The van der Waals surface area contributed by atoms with Crippen molar-refractivity contribution in [3.63, 3.8) is 0 Å². The number of halogens is 1. The van der Waals surface area contributed by atoms with Crippen molar-refractivity contribution < 1.29 is 9.53 Å². The molecule has 0 N–H and O–H groups in total. The molecule has 1 unspecified atom stereocenters. The van der Waals surface area contributed by atoms with Crippen LogP contribution in [0.25, 0.3) is 0 Å². The lowest BCUT2D eigenvalue weighted by molar-refractivity contribution is -0.137. The third-order valence-corrected chi connectivity index (χ3v) is 2.65. The third-order valence-electron chi connectivity index (χ3n) is 2.41. The first-order chi connectivity index (χ1) is 8.58. The van der Waals surface area contributed by atoms with Gasteiger partial charge < -0.3 is 9.64 Å². The number of nitriles is 1. The third kappa shape index (κ3) is 3.94. The van der Waals surface area contributed by atoms with Gasteiger partial charge in [0.05, 0.1) is 6.07 Å². The molecule has 1 aromatic rings. The normalized spacial score (nSPS) is 11.4. The summed E-state index contributed by atoms with van der Waals surface area (Å²) in [6.07, 6.45) is -0.642. The zero-order valence-corrected chi connectivity index (χ0v) is 11.1. The molecule has 0 aliphatic rings. The van der Waals surface area contributed by atoms with Gasteiger partial charge in [0.15, 0.2) is 6.10 Å². The van der Waals surface area contributed by atoms with E-state index in [4.69, 9.17) is 21.6 Å². The molecule has 0 radical (unpaired) electrons. The molecule has 1 rings (SSSR count). The quantitative estimate of drug-likeness (QED) is 0.770. The van der Waals surface area contributed by atoms with E-state index in [0.29, 0.717) is 17.3 Å². The van der Waals surface area contributed by atoms with E-state index >= 15 is 0 Å². The highest BCUT2D eigenvalue weighted by Crippen LogP contribution is 2.18. The highest BCUT2D eigenvalue weighted by atomic mass is 35.5. The van der Waals surface area contributed by atoms with E-state index in [1.54, 1.807) is 31.2 Å².